The summed E-state index contributed by atoms with van der Waals surface area (Å²) in [5.41, 5.74) is 2.78. The molecular weight excluding hydrogens is 413 g/mol. The molecule has 1 atom stereocenters. The molecule has 1 aliphatic heterocycles. The highest BCUT2D eigenvalue weighted by atomic mass is 79.9. The van der Waals surface area contributed by atoms with Crippen molar-refractivity contribution in [3.8, 4) is 0 Å². The fourth-order valence-electron chi connectivity index (χ4n) is 3.19. The number of piperidine rings is 1. The van der Waals surface area contributed by atoms with Gasteiger partial charge in [0, 0.05) is 29.8 Å². The first kappa shape index (κ1) is 19.1. The second-order valence-electron chi connectivity index (χ2n) is 6.79. The highest BCUT2D eigenvalue weighted by Crippen LogP contribution is 2.23. The molecule has 2 aromatic rings. The molecule has 0 saturated carbocycles. The minimum atomic E-state index is -0.344. The standard InChI is InChI=1S/C20H23BrFN3S/c1-14-3-2-10-25(13-14)17-7-4-15(5-8-17)12-23-20(26)24-19-9-6-16(21)11-18(19)22/h4-9,11,14H,2-3,10,12-13H2,1H3,(H2,23,24,26)/t14-/m0/s1. The normalized spacial score (nSPS) is 17.0. The molecule has 1 heterocycles. The number of hydrogen-bond acceptors (Lipinski definition) is 2. The molecular formula is C20H23BrFN3S. The minimum Gasteiger partial charge on any atom is -0.371 e. The molecule has 26 heavy (non-hydrogen) atoms. The zero-order valence-electron chi connectivity index (χ0n) is 14.8. The molecule has 3 nitrogen and oxygen atoms in total. The largest absolute Gasteiger partial charge is 0.371 e. The van der Waals surface area contributed by atoms with Gasteiger partial charge in [-0.2, -0.15) is 0 Å². The van der Waals surface area contributed by atoms with Crippen LogP contribution >= 0.6 is 28.1 Å². The summed E-state index contributed by atoms with van der Waals surface area (Å²) in [5, 5.41) is 6.42. The second kappa shape index (κ2) is 8.82. The Hall–Kier alpha value is -1.66. The third-order valence-corrected chi connectivity index (χ3v) is 5.33. The van der Waals surface area contributed by atoms with Gasteiger partial charge in [0.1, 0.15) is 5.82 Å². The minimum absolute atomic E-state index is 0.344. The summed E-state index contributed by atoms with van der Waals surface area (Å²) < 4.78 is 14.5. The van der Waals surface area contributed by atoms with Crippen LogP contribution in [0.15, 0.2) is 46.9 Å². The van der Waals surface area contributed by atoms with Crippen molar-refractivity contribution in [1.82, 2.24) is 5.32 Å². The maximum absolute atomic E-state index is 13.8. The Morgan fingerprint density at radius 2 is 2.04 bits per heavy atom. The van der Waals surface area contributed by atoms with Crippen LogP contribution in [0.4, 0.5) is 15.8 Å². The van der Waals surface area contributed by atoms with E-state index in [1.54, 1.807) is 12.1 Å². The van der Waals surface area contributed by atoms with Crippen LogP contribution in [0.3, 0.4) is 0 Å². The molecule has 1 aliphatic rings. The highest BCUT2D eigenvalue weighted by molar-refractivity contribution is 9.10. The number of anilines is 2. The van der Waals surface area contributed by atoms with E-state index in [2.05, 4.69) is 62.7 Å². The Bertz CT molecular complexity index is 766. The third kappa shape index (κ3) is 5.17. The predicted octanol–water partition coefficient (Wildman–Crippen LogP) is 5.31. The van der Waals surface area contributed by atoms with Crippen LogP contribution in [-0.2, 0) is 6.54 Å². The Labute approximate surface area is 168 Å². The van der Waals surface area contributed by atoms with E-state index in [1.807, 2.05) is 0 Å². The monoisotopic (exact) mass is 435 g/mol. The average Bonchev–Trinajstić information content (AvgIpc) is 2.63. The van der Waals surface area contributed by atoms with Crippen molar-refractivity contribution >= 4 is 44.6 Å². The number of nitrogens with one attached hydrogen (secondary N) is 2. The van der Waals surface area contributed by atoms with Crippen molar-refractivity contribution in [2.75, 3.05) is 23.3 Å². The number of rotatable bonds is 4. The quantitative estimate of drug-likeness (QED) is 0.636. The zero-order valence-corrected chi connectivity index (χ0v) is 17.2. The number of thiocarbonyl (C=S) groups is 1. The highest BCUT2D eigenvalue weighted by Gasteiger charge is 2.16. The molecule has 6 heteroatoms. The maximum atomic E-state index is 13.8. The Morgan fingerprint density at radius 1 is 1.27 bits per heavy atom. The molecule has 3 rings (SSSR count). The van der Waals surface area contributed by atoms with E-state index in [-0.39, 0.29) is 5.82 Å². The summed E-state index contributed by atoms with van der Waals surface area (Å²) in [7, 11) is 0. The lowest BCUT2D eigenvalue weighted by Gasteiger charge is -2.32. The summed E-state index contributed by atoms with van der Waals surface area (Å²) in [5.74, 6) is 0.413. The molecule has 0 amide bonds. The van der Waals surface area contributed by atoms with Gasteiger partial charge in [0.05, 0.1) is 5.69 Å². The number of nitrogens with zero attached hydrogens (tertiary/aromatic N) is 1. The van der Waals surface area contributed by atoms with Gasteiger partial charge in [0.25, 0.3) is 0 Å². The number of halogens is 2. The zero-order chi connectivity index (χ0) is 18.5. The molecule has 2 N–H and O–H groups in total. The van der Waals surface area contributed by atoms with Gasteiger partial charge in [-0.25, -0.2) is 4.39 Å². The van der Waals surface area contributed by atoms with Gasteiger partial charge >= 0.3 is 0 Å². The second-order valence-corrected chi connectivity index (χ2v) is 8.12. The van der Waals surface area contributed by atoms with E-state index in [9.17, 15) is 4.39 Å². The van der Waals surface area contributed by atoms with E-state index in [0.29, 0.717) is 21.8 Å². The van der Waals surface area contributed by atoms with Crippen molar-refractivity contribution in [2.45, 2.75) is 26.3 Å². The van der Waals surface area contributed by atoms with Gasteiger partial charge in [0.2, 0.25) is 0 Å². The van der Waals surface area contributed by atoms with E-state index in [4.69, 9.17) is 12.2 Å². The van der Waals surface area contributed by atoms with Gasteiger partial charge in [-0.3, -0.25) is 0 Å². The van der Waals surface area contributed by atoms with Crippen LogP contribution in [0.5, 0.6) is 0 Å². The van der Waals surface area contributed by atoms with Gasteiger partial charge in [-0.05, 0) is 66.9 Å². The third-order valence-electron chi connectivity index (χ3n) is 4.59. The number of hydrogen-bond donors (Lipinski definition) is 2. The molecule has 0 unspecified atom stereocenters. The van der Waals surface area contributed by atoms with Crippen LogP contribution in [-0.4, -0.2) is 18.2 Å². The summed E-state index contributed by atoms with van der Waals surface area (Å²) in [4.78, 5) is 2.45. The van der Waals surface area contributed by atoms with Crippen molar-refractivity contribution in [3.63, 3.8) is 0 Å². The molecule has 0 radical (unpaired) electrons. The van der Waals surface area contributed by atoms with Crippen molar-refractivity contribution in [2.24, 2.45) is 5.92 Å². The predicted molar refractivity (Wildman–Crippen MR) is 114 cm³/mol. The van der Waals surface area contributed by atoms with Crippen LogP contribution < -0.4 is 15.5 Å². The van der Waals surface area contributed by atoms with E-state index in [0.717, 1.165) is 24.6 Å². The summed E-state index contributed by atoms with van der Waals surface area (Å²) in [6, 6.07) is 13.4. The lowest BCUT2D eigenvalue weighted by Crippen LogP contribution is -2.34. The Kier molecular flexibility index (Phi) is 6.48. The Morgan fingerprint density at radius 3 is 2.73 bits per heavy atom. The Balaban J connectivity index is 1.52. The summed E-state index contributed by atoms with van der Waals surface area (Å²) in [6.45, 7) is 5.17. The molecule has 1 fully saturated rings. The summed E-state index contributed by atoms with van der Waals surface area (Å²) in [6.07, 6.45) is 2.58. The fourth-order valence-corrected chi connectivity index (χ4v) is 3.70. The molecule has 138 valence electrons. The van der Waals surface area contributed by atoms with Gasteiger partial charge in [0.15, 0.2) is 5.11 Å². The maximum Gasteiger partial charge on any atom is 0.171 e. The average molecular weight is 436 g/mol. The van der Waals surface area contributed by atoms with Gasteiger partial charge in [-0.1, -0.05) is 35.0 Å². The van der Waals surface area contributed by atoms with E-state index in [1.165, 1.54) is 24.6 Å². The first-order valence-corrected chi connectivity index (χ1v) is 10.0. The van der Waals surface area contributed by atoms with Gasteiger partial charge in [-0.15, -0.1) is 0 Å². The van der Waals surface area contributed by atoms with E-state index >= 15 is 0 Å². The lowest BCUT2D eigenvalue weighted by molar-refractivity contribution is 0.447. The first-order valence-electron chi connectivity index (χ1n) is 8.85. The molecule has 0 spiro atoms. The van der Waals surface area contributed by atoms with Crippen molar-refractivity contribution < 1.29 is 4.39 Å². The van der Waals surface area contributed by atoms with Crippen LogP contribution in [0.2, 0.25) is 0 Å². The SMILES string of the molecule is C[C@H]1CCCN(c2ccc(CNC(=S)Nc3ccc(Br)cc3F)cc2)C1. The van der Waals surface area contributed by atoms with Gasteiger partial charge < -0.3 is 15.5 Å². The number of benzene rings is 2. The molecule has 2 aromatic carbocycles. The molecule has 1 saturated heterocycles. The summed E-state index contributed by atoms with van der Waals surface area (Å²) >= 11 is 8.50. The van der Waals surface area contributed by atoms with Crippen LogP contribution in [0.25, 0.3) is 0 Å². The first-order chi connectivity index (χ1) is 12.5. The van der Waals surface area contributed by atoms with Crippen molar-refractivity contribution in [1.29, 1.82) is 0 Å². The van der Waals surface area contributed by atoms with Crippen molar-refractivity contribution in [3.05, 3.63) is 58.3 Å². The van der Waals surface area contributed by atoms with Crippen LogP contribution in [0.1, 0.15) is 25.3 Å². The van der Waals surface area contributed by atoms with Crippen LogP contribution in [0, 0.1) is 11.7 Å². The lowest BCUT2D eigenvalue weighted by atomic mass is 9.99. The van der Waals surface area contributed by atoms with E-state index < -0.39 is 0 Å². The topological polar surface area (TPSA) is 27.3 Å². The molecule has 0 aliphatic carbocycles. The molecule has 0 aromatic heterocycles. The fraction of sp³-hybridized carbons (Fsp3) is 0.350. The molecule has 0 bridgehead atoms. The smallest absolute Gasteiger partial charge is 0.171 e.